The predicted octanol–water partition coefficient (Wildman–Crippen LogP) is 6.20. The van der Waals surface area contributed by atoms with Crippen molar-refractivity contribution in [3.63, 3.8) is 0 Å². The third-order valence-electron chi connectivity index (χ3n) is 3.96. The van der Waals surface area contributed by atoms with Crippen LogP contribution in [0.4, 0.5) is 0 Å². The molecule has 25 heavy (non-hydrogen) atoms. The average molecular weight is 578 g/mol. The van der Waals surface area contributed by atoms with Gasteiger partial charge in [-0.05, 0) is 6.42 Å². The van der Waals surface area contributed by atoms with Crippen molar-refractivity contribution < 1.29 is 108 Å². The maximum absolute atomic E-state index is 10.3. The van der Waals surface area contributed by atoms with Crippen LogP contribution in [0.2, 0.25) is 0 Å². The van der Waals surface area contributed by atoms with Crippen LogP contribution in [0.15, 0.2) is 0 Å². The molecule has 2 nitrogen and oxygen atoms in total. The molecule has 0 aromatic rings. The van der Waals surface area contributed by atoms with Crippen molar-refractivity contribution in [1.82, 2.24) is 0 Å². The fourth-order valence-corrected chi connectivity index (χ4v) is 1.88. The van der Waals surface area contributed by atoms with Gasteiger partial charge in [0, 0.05) is 98.1 Å². The van der Waals surface area contributed by atoms with Crippen LogP contribution in [0.5, 0.6) is 0 Å². The molecule has 0 amide bonds. The summed E-state index contributed by atoms with van der Waals surface area (Å²) in [6.45, 7) is 15.3. The molecule has 1 rings (SSSR count). The Morgan fingerprint density at radius 2 is 1.40 bits per heavy atom. The first-order chi connectivity index (χ1) is 10.4. The van der Waals surface area contributed by atoms with Crippen LogP contribution in [-0.2, 0) is 108 Å². The zero-order valence-electron chi connectivity index (χ0n) is 17.8. The van der Waals surface area contributed by atoms with E-state index in [4.69, 9.17) is 4.74 Å². The zero-order chi connectivity index (χ0) is 17.4. The Morgan fingerprint density at radius 3 is 1.52 bits per heavy atom. The normalized spacial score (nSPS) is 16.6. The van der Waals surface area contributed by atoms with Gasteiger partial charge in [0.15, 0.2) is 5.97 Å². The van der Waals surface area contributed by atoms with Crippen LogP contribution in [0.25, 0.3) is 0 Å². The summed E-state index contributed by atoms with van der Waals surface area (Å²) in [6.07, 6.45) is 13.1. The van der Waals surface area contributed by atoms with E-state index in [1.54, 1.807) is 6.42 Å². The maximum Gasteiger partial charge on any atom is 0.167 e. The second kappa shape index (κ2) is 28.9. The second-order valence-electron chi connectivity index (χ2n) is 6.22. The molecule has 1 saturated heterocycles. The molecule has 1 aliphatic heterocycles. The number of cyclic esters (lactones) is 1. The summed E-state index contributed by atoms with van der Waals surface area (Å²) >= 11 is 0. The minimum atomic E-state index is -0.156. The molecular formula is C20H39O2Y3-3. The number of rotatable bonds is 7. The van der Waals surface area contributed by atoms with E-state index in [0.717, 1.165) is 24.7 Å². The van der Waals surface area contributed by atoms with Crippen molar-refractivity contribution >= 4 is 5.97 Å². The number of hydrogen-bond donors (Lipinski definition) is 0. The van der Waals surface area contributed by atoms with Crippen LogP contribution < -0.4 is 0 Å². The molecule has 1 heterocycles. The first-order valence-electron chi connectivity index (χ1n) is 9.04. The van der Waals surface area contributed by atoms with Crippen LogP contribution >= 0.6 is 0 Å². The SMILES string of the molecule is CC[C@@H]1C[CH-]C(=O)O1.C[CH-]CC(C)CC.C[CH-]CC(C)CC.[Y].[Y].[Y]. The average Bonchev–Trinajstić information content (AvgIpc) is 2.94. The molecule has 0 spiro atoms. The van der Waals surface area contributed by atoms with E-state index in [9.17, 15) is 4.79 Å². The first kappa shape index (κ1) is 38.3. The van der Waals surface area contributed by atoms with Gasteiger partial charge in [-0.1, -0.05) is 59.3 Å². The first-order valence-corrected chi connectivity index (χ1v) is 9.04. The van der Waals surface area contributed by atoms with Crippen LogP contribution in [0, 0.1) is 31.1 Å². The minimum Gasteiger partial charge on any atom is -0.487 e. The smallest absolute Gasteiger partial charge is 0.167 e. The van der Waals surface area contributed by atoms with E-state index >= 15 is 0 Å². The Balaban J connectivity index is -0.0000000758. The Hall–Kier alpha value is 2.65. The molecule has 1 aliphatic rings. The van der Waals surface area contributed by atoms with Gasteiger partial charge in [0.25, 0.3) is 0 Å². The summed E-state index contributed by atoms with van der Waals surface area (Å²) in [5.74, 6) is 1.63. The van der Waals surface area contributed by atoms with Gasteiger partial charge in [-0.15, -0.1) is 6.42 Å². The fourth-order valence-electron chi connectivity index (χ4n) is 1.88. The number of hydrogen-bond acceptors (Lipinski definition) is 2. The summed E-state index contributed by atoms with van der Waals surface area (Å²) in [6, 6.07) is 0. The van der Waals surface area contributed by atoms with E-state index in [1.165, 1.54) is 25.7 Å². The van der Waals surface area contributed by atoms with E-state index in [0.29, 0.717) is 0 Å². The number of carbonyl (C=O) groups excluding carboxylic acids is 1. The molecule has 3 radical (unpaired) electrons. The number of esters is 1. The minimum absolute atomic E-state index is 0. The van der Waals surface area contributed by atoms with E-state index in [2.05, 4.69) is 54.4 Å². The molecule has 143 valence electrons. The van der Waals surface area contributed by atoms with E-state index < -0.39 is 0 Å². The molecule has 5 heteroatoms. The largest absolute Gasteiger partial charge is 0.487 e. The standard InChI is InChI=1S/2C7H15.C6H9O2.3Y/c2*1-4-6-7(3)5-2;1-2-5-3-4-6(7)8-5;;;/h2*4,7H,5-6H2,1-3H3;4-5H,2-3H2,1H3;;;/q3*-1;;;/t;;5-;;;/m..1.../s1. The molecule has 2 unspecified atom stereocenters. The van der Waals surface area contributed by atoms with Crippen LogP contribution in [-0.4, -0.2) is 12.1 Å². The van der Waals surface area contributed by atoms with E-state index in [1.807, 2.05) is 6.92 Å². The summed E-state index contributed by atoms with van der Waals surface area (Å²) in [5, 5.41) is 0. The zero-order valence-corrected chi connectivity index (χ0v) is 26.3. The van der Waals surface area contributed by atoms with Crippen molar-refractivity contribution in [2.45, 2.75) is 93.1 Å². The number of ether oxygens (including phenoxy) is 1. The van der Waals surface area contributed by atoms with Gasteiger partial charge in [0.2, 0.25) is 0 Å². The van der Waals surface area contributed by atoms with E-state index in [-0.39, 0.29) is 110 Å². The molecule has 3 atom stereocenters. The Labute approximate surface area is 234 Å². The third-order valence-corrected chi connectivity index (χ3v) is 3.96. The van der Waals surface area contributed by atoms with Crippen LogP contribution in [0.1, 0.15) is 87.0 Å². The van der Waals surface area contributed by atoms with Gasteiger partial charge in [0.1, 0.15) is 0 Å². The summed E-state index contributed by atoms with van der Waals surface area (Å²) in [7, 11) is 0. The van der Waals surface area contributed by atoms with Crippen molar-refractivity contribution in [1.29, 1.82) is 0 Å². The monoisotopic (exact) mass is 578 g/mol. The Bertz CT molecular complexity index is 239. The number of carbonyl (C=O) groups is 1. The summed E-state index contributed by atoms with van der Waals surface area (Å²) in [4.78, 5) is 10.3. The fraction of sp³-hybridized carbons (Fsp3) is 0.800. The molecule has 0 aliphatic carbocycles. The molecule has 0 bridgehead atoms. The van der Waals surface area contributed by atoms with Gasteiger partial charge in [-0.25, -0.2) is 0 Å². The van der Waals surface area contributed by atoms with Gasteiger partial charge in [-0.3, -0.25) is 11.2 Å². The molecule has 0 aromatic carbocycles. The topological polar surface area (TPSA) is 26.3 Å². The van der Waals surface area contributed by atoms with Gasteiger partial charge in [-0.2, -0.15) is 26.7 Å². The summed E-state index contributed by atoms with van der Waals surface area (Å²) in [5.41, 5.74) is 0. The molecular weight excluding hydrogens is 539 g/mol. The molecule has 0 N–H and O–H groups in total. The van der Waals surface area contributed by atoms with Crippen molar-refractivity contribution in [2.24, 2.45) is 11.8 Å². The maximum atomic E-state index is 10.3. The molecule has 0 aromatic heterocycles. The Morgan fingerprint density at radius 1 is 1.00 bits per heavy atom. The second-order valence-corrected chi connectivity index (χ2v) is 6.22. The van der Waals surface area contributed by atoms with Crippen molar-refractivity contribution in [3.8, 4) is 0 Å². The van der Waals surface area contributed by atoms with Gasteiger partial charge in [0.05, 0.1) is 6.10 Å². The third kappa shape index (κ3) is 29.0. The van der Waals surface area contributed by atoms with Crippen molar-refractivity contribution in [3.05, 3.63) is 19.3 Å². The molecule has 0 saturated carbocycles. The van der Waals surface area contributed by atoms with Gasteiger partial charge < -0.3 is 17.6 Å². The van der Waals surface area contributed by atoms with Gasteiger partial charge >= 0.3 is 0 Å². The van der Waals surface area contributed by atoms with Crippen molar-refractivity contribution in [2.75, 3.05) is 0 Å². The quantitative estimate of drug-likeness (QED) is 0.266. The van der Waals surface area contributed by atoms with Crippen LogP contribution in [0.3, 0.4) is 0 Å². The summed E-state index contributed by atoms with van der Waals surface area (Å²) < 4.78 is 4.82. The Kier molecular flexibility index (Phi) is 44.2. The predicted molar refractivity (Wildman–Crippen MR) is 97.2 cm³/mol. The molecule has 1 fully saturated rings.